The van der Waals surface area contributed by atoms with Gasteiger partial charge in [0.1, 0.15) is 28.6 Å². The lowest BCUT2D eigenvalue weighted by atomic mass is 9.78. The highest BCUT2D eigenvalue weighted by molar-refractivity contribution is 6.09. The van der Waals surface area contributed by atoms with Gasteiger partial charge in [0.2, 0.25) is 5.91 Å². The number of fused-ring (bicyclic) bond motifs is 2. The van der Waals surface area contributed by atoms with Gasteiger partial charge in [-0.25, -0.2) is 24.3 Å². The molecule has 3 N–H and O–H groups in total. The lowest BCUT2D eigenvalue weighted by Gasteiger charge is -2.23. The number of amides is 1. The highest BCUT2D eigenvalue weighted by atomic mass is 19.1. The molecule has 5 rings (SSSR count). The maximum Gasteiger partial charge on any atom is 0.240 e. The largest absolute Gasteiger partial charge is 0.383 e. The molecule has 4 heterocycles. The maximum atomic E-state index is 13.4. The van der Waals surface area contributed by atoms with Gasteiger partial charge < -0.3 is 15.5 Å². The SMILES string of the molecule is CCCCc1nc(-c2nc(N)c3c(n2)NC(=O)C3(C)c2ccc(F)cc2)cn2ccnc12. The van der Waals surface area contributed by atoms with Crippen LogP contribution in [0.2, 0.25) is 0 Å². The van der Waals surface area contributed by atoms with Crippen LogP contribution in [0.25, 0.3) is 17.2 Å². The highest BCUT2D eigenvalue weighted by Crippen LogP contribution is 2.44. The van der Waals surface area contributed by atoms with Crippen molar-refractivity contribution in [2.75, 3.05) is 11.1 Å². The van der Waals surface area contributed by atoms with Gasteiger partial charge in [0.05, 0.1) is 11.3 Å². The zero-order valence-corrected chi connectivity index (χ0v) is 17.8. The maximum absolute atomic E-state index is 13.4. The summed E-state index contributed by atoms with van der Waals surface area (Å²) in [6, 6.07) is 5.79. The molecule has 0 saturated heterocycles. The summed E-state index contributed by atoms with van der Waals surface area (Å²) >= 11 is 0. The fraction of sp³-hybridized carbons (Fsp3) is 0.261. The van der Waals surface area contributed by atoms with Gasteiger partial charge in [0, 0.05) is 18.6 Å². The molecule has 0 radical (unpaired) electrons. The van der Waals surface area contributed by atoms with Crippen LogP contribution in [0.4, 0.5) is 16.0 Å². The molecule has 8 nitrogen and oxygen atoms in total. The molecule has 1 aromatic carbocycles. The number of nitrogens with zero attached hydrogens (tertiary/aromatic N) is 5. The first-order chi connectivity index (χ1) is 15.4. The van der Waals surface area contributed by atoms with E-state index in [0.29, 0.717) is 28.5 Å². The minimum absolute atomic E-state index is 0.179. The Morgan fingerprint density at radius 1 is 1.19 bits per heavy atom. The van der Waals surface area contributed by atoms with Gasteiger partial charge in [-0.1, -0.05) is 25.5 Å². The third kappa shape index (κ3) is 3.00. The number of halogens is 1. The van der Waals surface area contributed by atoms with E-state index in [1.54, 1.807) is 31.5 Å². The third-order valence-electron chi connectivity index (χ3n) is 5.98. The molecular weight excluding hydrogens is 409 g/mol. The van der Waals surface area contributed by atoms with Crippen LogP contribution in [0.1, 0.15) is 43.5 Å². The molecule has 1 unspecified atom stereocenters. The smallest absolute Gasteiger partial charge is 0.240 e. The van der Waals surface area contributed by atoms with Crippen molar-refractivity contribution in [2.45, 2.75) is 38.5 Å². The summed E-state index contributed by atoms with van der Waals surface area (Å²) in [4.78, 5) is 31.2. The van der Waals surface area contributed by atoms with Crippen molar-refractivity contribution < 1.29 is 9.18 Å². The minimum atomic E-state index is -1.13. The van der Waals surface area contributed by atoms with Crippen LogP contribution in [-0.4, -0.2) is 30.2 Å². The summed E-state index contributed by atoms with van der Waals surface area (Å²) < 4.78 is 15.3. The first-order valence-electron chi connectivity index (χ1n) is 10.5. The first kappa shape index (κ1) is 20.0. The number of nitrogen functional groups attached to an aromatic ring is 1. The monoisotopic (exact) mass is 431 g/mol. The predicted molar refractivity (Wildman–Crippen MR) is 119 cm³/mol. The first-order valence-corrected chi connectivity index (χ1v) is 10.5. The number of nitrogens with one attached hydrogen (secondary N) is 1. The van der Waals surface area contributed by atoms with E-state index in [4.69, 9.17) is 10.7 Å². The number of aryl methyl sites for hydroxylation is 1. The van der Waals surface area contributed by atoms with Crippen LogP contribution in [0.5, 0.6) is 0 Å². The lowest BCUT2D eigenvalue weighted by molar-refractivity contribution is -0.119. The fourth-order valence-electron chi connectivity index (χ4n) is 4.20. The molecule has 32 heavy (non-hydrogen) atoms. The quantitative estimate of drug-likeness (QED) is 0.500. The molecular formula is C23H22FN7O. The van der Waals surface area contributed by atoms with E-state index in [-0.39, 0.29) is 17.5 Å². The second kappa shape index (κ2) is 7.37. The number of benzene rings is 1. The van der Waals surface area contributed by atoms with E-state index in [1.807, 2.05) is 10.6 Å². The summed E-state index contributed by atoms with van der Waals surface area (Å²) in [6.45, 7) is 3.86. The van der Waals surface area contributed by atoms with Gasteiger partial charge in [-0.3, -0.25) is 4.79 Å². The lowest BCUT2D eigenvalue weighted by Crippen LogP contribution is -2.33. The molecule has 1 aliphatic heterocycles. The molecule has 0 aliphatic carbocycles. The topological polar surface area (TPSA) is 111 Å². The van der Waals surface area contributed by atoms with Crippen LogP contribution in [0.15, 0.2) is 42.9 Å². The molecule has 1 atom stereocenters. The Balaban J connectivity index is 1.63. The van der Waals surface area contributed by atoms with Crippen molar-refractivity contribution >= 4 is 23.2 Å². The number of rotatable bonds is 5. The average Bonchev–Trinajstić information content (AvgIpc) is 3.35. The number of imidazole rings is 1. The summed E-state index contributed by atoms with van der Waals surface area (Å²) in [7, 11) is 0. The number of unbranched alkanes of at least 4 members (excludes halogenated alkanes) is 1. The Kier molecular flexibility index (Phi) is 4.61. The van der Waals surface area contributed by atoms with Gasteiger partial charge >= 0.3 is 0 Å². The molecule has 0 spiro atoms. The van der Waals surface area contributed by atoms with E-state index >= 15 is 0 Å². The van der Waals surface area contributed by atoms with Crippen molar-refractivity contribution in [1.82, 2.24) is 24.3 Å². The third-order valence-corrected chi connectivity index (χ3v) is 5.98. The van der Waals surface area contributed by atoms with Crippen LogP contribution >= 0.6 is 0 Å². The molecule has 0 saturated carbocycles. The second-order valence-electron chi connectivity index (χ2n) is 8.08. The Morgan fingerprint density at radius 3 is 2.72 bits per heavy atom. The number of carbonyl (C=O) groups is 1. The number of hydrogen-bond donors (Lipinski definition) is 2. The van der Waals surface area contributed by atoms with Crippen LogP contribution in [0.3, 0.4) is 0 Å². The van der Waals surface area contributed by atoms with E-state index in [2.05, 4.69) is 27.2 Å². The summed E-state index contributed by atoms with van der Waals surface area (Å²) in [5.41, 5.74) is 8.53. The number of nitrogens with two attached hydrogens (primary N) is 1. The Hall–Kier alpha value is -3.88. The minimum Gasteiger partial charge on any atom is -0.383 e. The van der Waals surface area contributed by atoms with Crippen molar-refractivity contribution in [2.24, 2.45) is 0 Å². The molecule has 162 valence electrons. The van der Waals surface area contributed by atoms with Crippen molar-refractivity contribution in [3.05, 3.63) is 65.5 Å². The number of aromatic nitrogens is 5. The van der Waals surface area contributed by atoms with Gasteiger partial charge in [0.15, 0.2) is 11.5 Å². The highest BCUT2D eigenvalue weighted by Gasteiger charge is 2.47. The second-order valence-corrected chi connectivity index (χ2v) is 8.08. The normalized spacial score (nSPS) is 17.5. The molecule has 0 bridgehead atoms. The van der Waals surface area contributed by atoms with Gasteiger partial charge in [-0.2, -0.15) is 0 Å². The standard InChI is InChI=1S/C23H22FN7O/c1-3-4-5-15-21-26-10-11-31(21)12-16(27-15)19-28-18(25)17-20(29-19)30-22(32)23(17,2)13-6-8-14(24)9-7-13/h6-12H,3-5H2,1-2H3,(H3,25,28,29,30,32). The molecule has 4 aromatic rings. The van der Waals surface area contributed by atoms with Gasteiger partial charge in [-0.05, 0) is 37.5 Å². The summed E-state index contributed by atoms with van der Waals surface area (Å²) in [5, 5.41) is 2.82. The Labute approximate surface area is 183 Å². The van der Waals surface area contributed by atoms with Gasteiger partial charge in [-0.15, -0.1) is 0 Å². The Morgan fingerprint density at radius 2 is 1.97 bits per heavy atom. The Bertz CT molecular complexity index is 1350. The number of anilines is 2. The van der Waals surface area contributed by atoms with Crippen LogP contribution < -0.4 is 11.1 Å². The van der Waals surface area contributed by atoms with Crippen LogP contribution in [-0.2, 0) is 16.6 Å². The van der Waals surface area contributed by atoms with Crippen molar-refractivity contribution in [3.8, 4) is 11.5 Å². The number of hydrogen-bond acceptors (Lipinski definition) is 6. The van der Waals surface area contributed by atoms with E-state index in [1.165, 1.54) is 12.1 Å². The van der Waals surface area contributed by atoms with Crippen molar-refractivity contribution in [1.29, 1.82) is 0 Å². The zero-order chi connectivity index (χ0) is 22.5. The number of carbonyl (C=O) groups excluding carboxylic acids is 1. The molecule has 0 fully saturated rings. The van der Waals surface area contributed by atoms with E-state index in [0.717, 1.165) is 30.6 Å². The molecule has 1 amide bonds. The van der Waals surface area contributed by atoms with Crippen molar-refractivity contribution in [3.63, 3.8) is 0 Å². The summed E-state index contributed by atoms with van der Waals surface area (Å²) in [6.07, 6.45) is 8.18. The molecule has 1 aliphatic rings. The molecule has 9 heteroatoms. The fourth-order valence-corrected chi connectivity index (χ4v) is 4.20. The average molecular weight is 431 g/mol. The van der Waals surface area contributed by atoms with Gasteiger partial charge in [0.25, 0.3) is 0 Å². The molecule has 3 aromatic heterocycles. The zero-order valence-electron chi connectivity index (χ0n) is 17.8. The predicted octanol–water partition coefficient (Wildman–Crippen LogP) is 3.51. The van der Waals surface area contributed by atoms with E-state index < -0.39 is 5.41 Å². The summed E-state index contributed by atoms with van der Waals surface area (Å²) in [5.74, 6) is 0.164. The van der Waals surface area contributed by atoms with Crippen LogP contribution in [0, 0.1) is 5.82 Å². The van der Waals surface area contributed by atoms with E-state index in [9.17, 15) is 9.18 Å².